The van der Waals surface area contributed by atoms with Crippen LogP contribution in [0.2, 0.25) is 0 Å². The second kappa shape index (κ2) is 3.99. The van der Waals surface area contributed by atoms with E-state index < -0.39 is 0 Å². The summed E-state index contributed by atoms with van der Waals surface area (Å²) in [6, 6.07) is 4.79. The van der Waals surface area contributed by atoms with Gasteiger partial charge in [0.05, 0.1) is 0 Å². The minimum atomic E-state index is 0.589. The van der Waals surface area contributed by atoms with Gasteiger partial charge in [-0.25, -0.2) is 4.98 Å². The van der Waals surface area contributed by atoms with Crippen LogP contribution in [0.25, 0.3) is 0 Å². The second-order valence-corrected chi connectivity index (χ2v) is 4.40. The van der Waals surface area contributed by atoms with Crippen molar-refractivity contribution >= 4 is 5.82 Å². The van der Waals surface area contributed by atoms with Gasteiger partial charge in [0, 0.05) is 12.2 Å². The molecule has 1 aliphatic heterocycles. The van der Waals surface area contributed by atoms with E-state index in [1.54, 1.807) is 0 Å². The van der Waals surface area contributed by atoms with Gasteiger partial charge in [-0.3, -0.25) is 0 Å². The van der Waals surface area contributed by atoms with Crippen LogP contribution in [0.4, 0.5) is 5.82 Å². The Bertz CT molecular complexity index is 307. The van der Waals surface area contributed by atoms with E-state index in [4.69, 9.17) is 0 Å². The quantitative estimate of drug-likeness (QED) is 0.736. The van der Waals surface area contributed by atoms with Crippen molar-refractivity contribution in [2.45, 2.75) is 39.2 Å². The standard InChI is InChI=1S/C12H18N2/c1-9(2)11-7-3-5-10-6-4-8-13-12(10)14-11/h4,6,8-9,11H,3,5,7H2,1-2H3,(H,13,14). The molecular formula is C12H18N2. The van der Waals surface area contributed by atoms with Crippen LogP contribution in [0.15, 0.2) is 18.3 Å². The molecule has 2 rings (SSSR count). The van der Waals surface area contributed by atoms with Gasteiger partial charge in [-0.1, -0.05) is 19.9 Å². The number of hydrogen-bond acceptors (Lipinski definition) is 2. The molecule has 0 amide bonds. The highest BCUT2D eigenvalue weighted by atomic mass is 15.0. The molecule has 0 aliphatic carbocycles. The molecule has 76 valence electrons. The number of aromatic nitrogens is 1. The number of nitrogens with zero attached hydrogens (tertiary/aromatic N) is 1. The van der Waals surface area contributed by atoms with Gasteiger partial charge < -0.3 is 5.32 Å². The second-order valence-electron chi connectivity index (χ2n) is 4.40. The minimum Gasteiger partial charge on any atom is -0.367 e. The molecule has 2 heteroatoms. The Morgan fingerprint density at radius 3 is 3.14 bits per heavy atom. The molecule has 1 N–H and O–H groups in total. The summed E-state index contributed by atoms with van der Waals surface area (Å²) in [7, 11) is 0. The highest BCUT2D eigenvalue weighted by molar-refractivity contribution is 5.45. The van der Waals surface area contributed by atoms with Gasteiger partial charge in [0.2, 0.25) is 0 Å². The minimum absolute atomic E-state index is 0.589. The van der Waals surface area contributed by atoms with Crippen LogP contribution in [0.1, 0.15) is 32.3 Å². The molecule has 1 unspecified atom stereocenters. The molecule has 1 aromatic heterocycles. The van der Waals surface area contributed by atoms with Crippen LogP contribution in [-0.4, -0.2) is 11.0 Å². The van der Waals surface area contributed by atoms with Gasteiger partial charge in [-0.05, 0) is 36.8 Å². The Labute approximate surface area is 85.7 Å². The van der Waals surface area contributed by atoms with E-state index in [-0.39, 0.29) is 0 Å². The van der Waals surface area contributed by atoms with E-state index in [9.17, 15) is 0 Å². The highest BCUT2D eigenvalue weighted by Gasteiger charge is 2.18. The van der Waals surface area contributed by atoms with Gasteiger partial charge >= 0.3 is 0 Å². The third kappa shape index (κ3) is 1.89. The SMILES string of the molecule is CC(C)C1CCCc2cccnc2N1. The van der Waals surface area contributed by atoms with Crippen LogP contribution >= 0.6 is 0 Å². The van der Waals surface area contributed by atoms with Gasteiger partial charge in [-0.15, -0.1) is 0 Å². The molecule has 14 heavy (non-hydrogen) atoms. The fourth-order valence-electron chi connectivity index (χ4n) is 2.03. The van der Waals surface area contributed by atoms with Crippen molar-refractivity contribution in [1.82, 2.24) is 4.98 Å². The van der Waals surface area contributed by atoms with Crippen molar-refractivity contribution in [2.75, 3.05) is 5.32 Å². The molecule has 0 fully saturated rings. The molecule has 0 aromatic carbocycles. The zero-order chi connectivity index (χ0) is 9.97. The summed E-state index contributed by atoms with van der Waals surface area (Å²) in [5, 5.41) is 3.55. The molecule has 2 nitrogen and oxygen atoms in total. The number of pyridine rings is 1. The first kappa shape index (κ1) is 9.50. The lowest BCUT2D eigenvalue weighted by atomic mass is 9.99. The Hall–Kier alpha value is -1.05. The predicted octanol–water partition coefficient (Wildman–Crippen LogP) is 2.85. The first-order valence-electron chi connectivity index (χ1n) is 5.48. The zero-order valence-electron chi connectivity index (χ0n) is 8.96. The molecule has 1 aromatic rings. The first-order chi connectivity index (χ1) is 6.77. The fraction of sp³-hybridized carbons (Fsp3) is 0.583. The van der Waals surface area contributed by atoms with E-state index in [0.29, 0.717) is 12.0 Å². The average molecular weight is 190 g/mol. The van der Waals surface area contributed by atoms with Crippen LogP contribution in [0.5, 0.6) is 0 Å². The maximum Gasteiger partial charge on any atom is 0.129 e. The van der Waals surface area contributed by atoms with Crippen molar-refractivity contribution < 1.29 is 0 Å². The van der Waals surface area contributed by atoms with Crippen LogP contribution in [0.3, 0.4) is 0 Å². The lowest BCUT2D eigenvalue weighted by molar-refractivity contribution is 0.487. The Morgan fingerprint density at radius 2 is 2.36 bits per heavy atom. The summed E-state index contributed by atoms with van der Waals surface area (Å²) >= 11 is 0. The lowest BCUT2D eigenvalue weighted by Gasteiger charge is -2.20. The fourth-order valence-corrected chi connectivity index (χ4v) is 2.03. The van der Waals surface area contributed by atoms with E-state index >= 15 is 0 Å². The monoisotopic (exact) mass is 190 g/mol. The number of hydrogen-bond donors (Lipinski definition) is 1. The number of fused-ring (bicyclic) bond motifs is 1. The topological polar surface area (TPSA) is 24.9 Å². The molecular weight excluding hydrogens is 172 g/mol. The van der Waals surface area contributed by atoms with Crippen molar-refractivity contribution in [3.63, 3.8) is 0 Å². The number of rotatable bonds is 1. The summed E-state index contributed by atoms with van der Waals surface area (Å²) in [6.07, 6.45) is 5.57. The number of anilines is 1. The summed E-state index contributed by atoms with van der Waals surface area (Å²) in [6.45, 7) is 4.54. The van der Waals surface area contributed by atoms with Crippen molar-refractivity contribution in [2.24, 2.45) is 5.92 Å². The number of aryl methyl sites for hydroxylation is 1. The van der Waals surface area contributed by atoms with Gasteiger partial charge in [0.25, 0.3) is 0 Å². The maximum atomic E-state index is 4.40. The summed E-state index contributed by atoms with van der Waals surface area (Å²) in [4.78, 5) is 4.40. The first-order valence-corrected chi connectivity index (χ1v) is 5.48. The van der Waals surface area contributed by atoms with Crippen molar-refractivity contribution in [1.29, 1.82) is 0 Å². The molecule has 2 heterocycles. The maximum absolute atomic E-state index is 4.40. The Morgan fingerprint density at radius 1 is 1.50 bits per heavy atom. The van der Waals surface area contributed by atoms with E-state index in [1.165, 1.54) is 24.8 Å². The molecule has 1 aliphatic rings. The van der Waals surface area contributed by atoms with Crippen molar-refractivity contribution in [3.8, 4) is 0 Å². The summed E-state index contributed by atoms with van der Waals surface area (Å²) in [5.41, 5.74) is 1.37. The van der Waals surface area contributed by atoms with Gasteiger partial charge in [0.15, 0.2) is 0 Å². The largest absolute Gasteiger partial charge is 0.367 e. The van der Waals surface area contributed by atoms with Crippen LogP contribution in [0, 0.1) is 5.92 Å². The third-order valence-corrected chi connectivity index (χ3v) is 2.98. The predicted molar refractivity (Wildman–Crippen MR) is 59.4 cm³/mol. The van der Waals surface area contributed by atoms with Crippen LogP contribution in [-0.2, 0) is 6.42 Å². The molecule has 0 bridgehead atoms. The lowest BCUT2D eigenvalue weighted by Crippen LogP contribution is -2.25. The zero-order valence-corrected chi connectivity index (χ0v) is 8.96. The smallest absolute Gasteiger partial charge is 0.129 e. The molecule has 0 spiro atoms. The summed E-state index contributed by atoms with van der Waals surface area (Å²) in [5.74, 6) is 1.78. The van der Waals surface area contributed by atoms with E-state index in [0.717, 1.165) is 5.82 Å². The average Bonchev–Trinajstić information content (AvgIpc) is 2.39. The van der Waals surface area contributed by atoms with Gasteiger partial charge in [0.1, 0.15) is 5.82 Å². The number of nitrogens with one attached hydrogen (secondary N) is 1. The Kier molecular flexibility index (Phi) is 2.71. The van der Waals surface area contributed by atoms with Crippen molar-refractivity contribution in [3.05, 3.63) is 23.9 Å². The normalized spacial score (nSPS) is 21.2. The van der Waals surface area contributed by atoms with Crippen LogP contribution < -0.4 is 5.32 Å². The molecule has 1 atom stereocenters. The van der Waals surface area contributed by atoms with Gasteiger partial charge in [-0.2, -0.15) is 0 Å². The Balaban J connectivity index is 2.22. The third-order valence-electron chi connectivity index (χ3n) is 2.98. The summed E-state index contributed by atoms with van der Waals surface area (Å²) < 4.78 is 0. The van der Waals surface area contributed by atoms with E-state index in [1.807, 2.05) is 12.3 Å². The molecule has 0 saturated carbocycles. The highest BCUT2D eigenvalue weighted by Crippen LogP contribution is 2.24. The van der Waals surface area contributed by atoms with E-state index in [2.05, 4.69) is 30.2 Å². The molecule has 0 radical (unpaired) electrons. The molecule has 0 saturated heterocycles.